The molecule has 2 nitrogen and oxygen atoms in total. The van der Waals surface area contributed by atoms with Crippen molar-refractivity contribution in [3.05, 3.63) is 84.0 Å². The van der Waals surface area contributed by atoms with E-state index in [9.17, 15) is 0 Å². The number of para-hydroxylation sites is 1. The summed E-state index contributed by atoms with van der Waals surface area (Å²) in [5.74, 6) is 0. The molecule has 0 saturated heterocycles. The fourth-order valence-corrected chi connectivity index (χ4v) is 3.07. The molecule has 0 saturated carbocycles. The summed E-state index contributed by atoms with van der Waals surface area (Å²) in [5, 5.41) is 3.62. The maximum absolute atomic E-state index is 4.82. The van der Waals surface area contributed by atoms with Crippen LogP contribution in [0.1, 0.15) is 11.1 Å². The second-order valence-corrected chi connectivity index (χ2v) is 5.65. The summed E-state index contributed by atoms with van der Waals surface area (Å²) in [6.07, 6.45) is 7.53. The summed E-state index contributed by atoms with van der Waals surface area (Å²) in [4.78, 5) is 4.82. The first-order valence-corrected chi connectivity index (χ1v) is 7.76. The monoisotopic (exact) mass is 286 g/mol. The van der Waals surface area contributed by atoms with Gasteiger partial charge in [0, 0.05) is 17.7 Å². The van der Waals surface area contributed by atoms with E-state index in [-0.39, 0.29) is 6.04 Å². The van der Waals surface area contributed by atoms with Crippen LogP contribution >= 0.6 is 0 Å². The molecule has 0 amide bonds. The fourth-order valence-electron chi connectivity index (χ4n) is 3.07. The van der Waals surface area contributed by atoms with E-state index in [2.05, 4.69) is 72.1 Å². The molecule has 0 spiro atoms. The Bertz CT molecular complexity index is 769. The zero-order chi connectivity index (χ0) is 14.8. The number of rotatable bonds is 4. The van der Waals surface area contributed by atoms with Gasteiger partial charge in [0.1, 0.15) is 0 Å². The molecular formula is C20H18N2. The van der Waals surface area contributed by atoms with Crippen molar-refractivity contribution in [3.63, 3.8) is 0 Å². The van der Waals surface area contributed by atoms with Crippen LogP contribution in [-0.2, 0) is 6.42 Å². The molecule has 2 aromatic carbocycles. The molecule has 108 valence electrons. The van der Waals surface area contributed by atoms with Crippen LogP contribution in [-0.4, -0.2) is 18.3 Å². The van der Waals surface area contributed by atoms with E-state index in [1.165, 1.54) is 16.7 Å². The van der Waals surface area contributed by atoms with Gasteiger partial charge in [-0.25, -0.2) is 0 Å². The van der Waals surface area contributed by atoms with Gasteiger partial charge in [-0.2, -0.15) is 0 Å². The molecule has 22 heavy (non-hydrogen) atoms. The lowest BCUT2D eigenvalue weighted by Gasteiger charge is -2.19. The zero-order valence-corrected chi connectivity index (χ0v) is 12.4. The van der Waals surface area contributed by atoms with Gasteiger partial charge in [-0.1, -0.05) is 66.8 Å². The maximum atomic E-state index is 4.82. The Labute approximate surface area is 130 Å². The van der Waals surface area contributed by atoms with E-state index in [1.54, 1.807) is 0 Å². The van der Waals surface area contributed by atoms with E-state index >= 15 is 0 Å². The Morgan fingerprint density at radius 3 is 2.68 bits per heavy atom. The Kier molecular flexibility index (Phi) is 3.45. The maximum Gasteiger partial charge on any atom is 0.0713 e. The van der Waals surface area contributed by atoms with Gasteiger partial charge in [-0.3, -0.25) is 4.99 Å². The predicted octanol–water partition coefficient (Wildman–Crippen LogP) is 3.93. The van der Waals surface area contributed by atoms with E-state index < -0.39 is 0 Å². The van der Waals surface area contributed by atoms with Gasteiger partial charge >= 0.3 is 0 Å². The van der Waals surface area contributed by atoms with Crippen LogP contribution in [0.5, 0.6) is 0 Å². The van der Waals surface area contributed by atoms with Crippen molar-refractivity contribution >= 4 is 17.0 Å². The van der Waals surface area contributed by atoms with E-state index in [1.807, 2.05) is 6.07 Å². The van der Waals surface area contributed by atoms with Crippen LogP contribution in [0.4, 0.5) is 5.69 Å². The largest absolute Gasteiger partial charge is 0.305 e. The number of nitrogens with one attached hydrogen (secondary N) is 1. The molecule has 1 heterocycles. The van der Waals surface area contributed by atoms with Crippen LogP contribution in [0, 0.1) is 0 Å². The molecule has 2 aromatic rings. The summed E-state index contributed by atoms with van der Waals surface area (Å²) < 4.78 is 0. The SMILES string of the molecule is C1=CC(NCCc2ccccc2)C2=Nc3ccccc3C2=C1. The van der Waals surface area contributed by atoms with Gasteiger partial charge in [-0.05, 0) is 18.1 Å². The van der Waals surface area contributed by atoms with Gasteiger partial charge in [0.25, 0.3) is 0 Å². The van der Waals surface area contributed by atoms with Crippen molar-refractivity contribution in [1.29, 1.82) is 0 Å². The highest BCUT2D eigenvalue weighted by atomic mass is 15.0. The molecular weight excluding hydrogens is 268 g/mol. The first-order valence-electron chi connectivity index (χ1n) is 7.76. The highest BCUT2D eigenvalue weighted by Gasteiger charge is 2.26. The molecule has 0 fully saturated rings. The van der Waals surface area contributed by atoms with Crippen LogP contribution in [0.2, 0.25) is 0 Å². The summed E-state index contributed by atoms with van der Waals surface area (Å²) in [6, 6.07) is 19.2. The molecule has 1 N–H and O–H groups in total. The molecule has 2 heteroatoms. The Morgan fingerprint density at radius 2 is 1.77 bits per heavy atom. The second-order valence-electron chi connectivity index (χ2n) is 5.65. The van der Waals surface area contributed by atoms with E-state index in [4.69, 9.17) is 4.99 Å². The molecule has 0 radical (unpaired) electrons. The van der Waals surface area contributed by atoms with Crippen molar-refractivity contribution < 1.29 is 0 Å². The van der Waals surface area contributed by atoms with Gasteiger partial charge in [-0.15, -0.1) is 0 Å². The summed E-state index contributed by atoms with van der Waals surface area (Å²) >= 11 is 0. The third kappa shape index (κ3) is 2.42. The predicted molar refractivity (Wildman–Crippen MR) is 92.6 cm³/mol. The summed E-state index contributed by atoms with van der Waals surface area (Å²) in [5.41, 5.74) is 6.10. The van der Waals surface area contributed by atoms with Gasteiger partial charge < -0.3 is 5.32 Å². The van der Waals surface area contributed by atoms with Gasteiger partial charge in [0.15, 0.2) is 0 Å². The Balaban J connectivity index is 1.47. The third-order valence-electron chi connectivity index (χ3n) is 4.19. The fraction of sp³-hybridized carbons (Fsp3) is 0.150. The normalized spacial score (nSPS) is 18.5. The highest BCUT2D eigenvalue weighted by Crippen LogP contribution is 2.37. The van der Waals surface area contributed by atoms with Crippen LogP contribution < -0.4 is 5.32 Å². The van der Waals surface area contributed by atoms with Crippen molar-refractivity contribution in [2.45, 2.75) is 12.5 Å². The summed E-state index contributed by atoms with van der Waals surface area (Å²) in [7, 11) is 0. The van der Waals surface area contributed by atoms with Gasteiger partial charge in [0.05, 0.1) is 17.4 Å². The Morgan fingerprint density at radius 1 is 0.955 bits per heavy atom. The van der Waals surface area contributed by atoms with Crippen LogP contribution in [0.3, 0.4) is 0 Å². The average Bonchev–Trinajstić information content (AvgIpc) is 2.96. The smallest absolute Gasteiger partial charge is 0.0713 e. The highest BCUT2D eigenvalue weighted by molar-refractivity contribution is 6.32. The topological polar surface area (TPSA) is 24.4 Å². The third-order valence-corrected chi connectivity index (χ3v) is 4.19. The number of benzene rings is 2. The Hall–Kier alpha value is -2.45. The standard InChI is InChI=1S/C20H18N2/c1-2-7-15(8-3-1)13-14-21-19-12-6-10-17-16-9-4-5-11-18(16)22-20(17)19/h1-12,19,21H,13-14H2. The quantitative estimate of drug-likeness (QED) is 0.905. The number of fused-ring (bicyclic) bond motifs is 3. The number of aliphatic imine (C=N–C) groups is 1. The van der Waals surface area contributed by atoms with E-state index in [0.717, 1.165) is 24.4 Å². The van der Waals surface area contributed by atoms with Crippen molar-refractivity contribution in [2.24, 2.45) is 4.99 Å². The minimum Gasteiger partial charge on any atom is -0.305 e. The van der Waals surface area contributed by atoms with Crippen LogP contribution in [0.15, 0.2) is 77.8 Å². The van der Waals surface area contributed by atoms with Crippen molar-refractivity contribution in [1.82, 2.24) is 5.32 Å². The lowest BCUT2D eigenvalue weighted by Crippen LogP contribution is -2.37. The van der Waals surface area contributed by atoms with Crippen LogP contribution in [0.25, 0.3) is 5.57 Å². The number of allylic oxidation sites excluding steroid dienone is 2. The zero-order valence-electron chi connectivity index (χ0n) is 12.4. The molecule has 4 rings (SSSR count). The lowest BCUT2D eigenvalue weighted by molar-refractivity contribution is 0.692. The van der Waals surface area contributed by atoms with Gasteiger partial charge in [0.2, 0.25) is 0 Å². The molecule has 2 aliphatic rings. The molecule has 1 unspecified atom stereocenters. The number of hydrogen-bond acceptors (Lipinski definition) is 2. The first kappa shape index (κ1) is 13.2. The van der Waals surface area contributed by atoms with Crippen molar-refractivity contribution in [3.8, 4) is 0 Å². The first-order chi connectivity index (χ1) is 10.9. The molecule has 0 bridgehead atoms. The molecule has 0 aromatic heterocycles. The minimum absolute atomic E-state index is 0.205. The minimum atomic E-state index is 0.205. The van der Waals surface area contributed by atoms with Crippen molar-refractivity contribution in [2.75, 3.05) is 6.54 Å². The molecule has 1 atom stereocenters. The molecule has 1 aliphatic heterocycles. The number of hydrogen-bond donors (Lipinski definition) is 1. The summed E-state index contributed by atoms with van der Waals surface area (Å²) in [6.45, 7) is 0.946. The second kappa shape index (κ2) is 5.74. The molecule has 1 aliphatic carbocycles. The average molecular weight is 286 g/mol. The van der Waals surface area contributed by atoms with E-state index in [0.29, 0.717) is 0 Å². The number of nitrogens with zero attached hydrogens (tertiary/aromatic N) is 1. The lowest BCUT2D eigenvalue weighted by atomic mass is 9.94.